The van der Waals surface area contributed by atoms with Crippen LogP contribution in [0, 0.1) is 11.6 Å². The van der Waals surface area contributed by atoms with Crippen LogP contribution >= 0.6 is 15.9 Å². The van der Waals surface area contributed by atoms with Crippen LogP contribution in [-0.4, -0.2) is 33.6 Å². The minimum absolute atomic E-state index is 0.114. The van der Waals surface area contributed by atoms with Crippen LogP contribution in [-0.2, 0) is 11.2 Å². The molecular formula is C19H17BrF2N4O4. The van der Waals surface area contributed by atoms with Crippen LogP contribution in [0.15, 0.2) is 40.9 Å². The molecule has 0 radical (unpaired) electrons. The normalized spacial score (nSPS) is 18.3. The molecule has 8 nitrogen and oxygen atoms in total. The van der Waals surface area contributed by atoms with E-state index in [4.69, 9.17) is 0 Å². The van der Waals surface area contributed by atoms with Crippen LogP contribution in [0.2, 0.25) is 0 Å². The summed E-state index contributed by atoms with van der Waals surface area (Å²) in [4.78, 5) is 37.0. The Kier molecular flexibility index (Phi) is 5.92. The maximum absolute atomic E-state index is 13.8. The number of urea groups is 2. The van der Waals surface area contributed by atoms with Crippen molar-refractivity contribution in [3.8, 4) is 5.75 Å². The zero-order chi connectivity index (χ0) is 22.1. The molecule has 2 aromatic carbocycles. The van der Waals surface area contributed by atoms with Gasteiger partial charge in [0.05, 0.1) is 5.69 Å². The Hall–Kier alpha value is -3.21. The molecule has 158 valence electrons. The van der Waals surface area contributed by atoms with Gasteiger partial charge in [-0.3, -0.25) is 4.79 Å². The molecule has 3 rings (SSSR count). The summed E-state index contributed by atoms with van der Waals surface area (Å²) >= 11 is 3.09. The highest BCUT2D eigenvalue weighted by Gasteiger charge is 2.48. The number of amides is 5. The monoisotopic (exact) mass is 482 g/mol. The van der Waals surface area contributed by atoms with Crippen molar-refractivity contribution in [1.29, 1.82) is 0 Å². The molecule has 1 fully saturated rings. The fraction of sp³-hybridized carbons (Fsp3) is 0.211. The smallest absolute Gasteiger partial charge is 0.344 e. The van der Waals surface area contributed by atoms with Crippen molar-refractivity contribution in [1.82, 2.24) is 15.8 Å². The van der Waals surface area contributed by atoms with Crippen molar-refractivity contribution in [3.63, 3.8) is 0 Å². The molecule has 0 aromatic heterocycles. The van der Waals surface area contributed by atoms with Crippen LogP contribution in [0.25, 0.3) is 0 Å². The van der Waals surface area contributed by atoms with E-state index in [0.717, 1.165) is 12.1 Å². The molecular weight excluding hydrogens is 466 g/mol. The highest BCUT2D eigenvalue weighted by molar-refractivity contribution is 9.10. The molecule has 1 aliphatic rings. The minimum atomic E-state index is -1.35. The molecule has 0 unspecified atom stereocenters. The van der Waals surface area contributed by atoms with Gasteiger partial charge in [-0.2, -0.15) is 5.01 Å². The first-order chi connectivity index (χ1) is 14.1. The number of hydrazine groups is 1. The Morgan fingerprint density at radius 1 is 1.20 bits per heavy atom. The lowest BCUT2D eigenvalue weighted by Crippen LogP contribution is -2.50. The summed E-state index contributed by atoms with van der Waals surface area (Å²) in [5, 5.41) is 14.4. The maximum atomic E-state index is 13.8. The van der Waals surface area contributed by atoms with Crippen LogP contribution in [0.4, 0.5) is 24.1 Å². The van der Waals surface area contributed by atoms with E-state index in [1.807, 2.05) is 0 Å². The lowest BCUT2D eigenvalue weighted by Gasteiger charge is -2.21. The fourth-order valence-electron chi connectivity index (χ4n) is 2.90. The number of hydrogen-bond acceptors (Lipinski definition) is 4. The van der Waals surface area contributed by atoms with Gasteiger partial charge in [-0.1, -0.05) is 22.0 Å². The Bertz CT molecular complexity index is 1040. The SMILES string of the molecule is C[C@@]1(CCc2ccc(O)c(F)c2)NC(=O)N(NC(=O)Nc2ccc(Br)cc2F)C1=O. The van der Waals surface area contributed by atoms with E-state index < -0.39 is 40.9 Å². The molecule has 0 spiro atoms. The lowest BCUT2D eigenvalue weighted by atomic mass is 9.93. The summed E-state index contributed by atoms with van der Waals surface area (Å²) in [6.07, 6.45) is 0.340. The standard InChI is InChI=1S/C19H17BrF2N4O4/c1-19(7-6-10-2-5-15(27)13(22)8-10)16(28)26(18(30)24-19)25-17(29)23-14-4-3-11(20)9-12(14)21/h2-5,8-9,27H,6-7H2,1H3,(H,24,30)(H2,23,25,29)/t19-/m0/s1. The number of aromatic hydroxyl groups is 1. The van der Waals surface area contributed by atoms with E-state index in [-0.39, 0.29) is 18.5 Å². The zero-order valence-electron chi connectivity index (χ0n) is 15.6. The molecule has 0 aliphatic carbocycles. The number of carbonyl (C=O) groups is 3. The first-order valence-electron chi connectivity index (χ1n) is 8.76. The third-order valence-electron chi connectivity index (χ3n) is 4.58. The second kappa shape index (κ2) is 8.27. The van der Waals surface area contributed by atoms with E-state index >= 15 is 0 Å². The van der Waals surface area contributed by atoms with Gasteiger partial charge in [-0.05, 0) is 55.7 Å². The Morgan fingerprint density at radius 2 is 1.93 bits per heavy atom. The van der Waals surface area contributed by atoms with Crippen LogP contribution in [0.3, 0.4) is 0 Å². The minimum Gasteiger partial charge on any atom is -0.505 e. The van der Waals surface area contributed by atoms with E-state index in [9.17, 15) is 28.3 Å². The predicted molar refractivity (Wildman–Crippen MR) is 106 cm³/mol. The molecule has 1 atom stereocenters. The number of rotatable bonds is 5. The number of nitrogens with zero attached hydrogens (tertiary/aromatic N) is 1. The molecule has 30 heavy (non-hydrogen) atoms. The highest BCUT2D eigenvalue weighted by atomic mass is 79.9. The fourth-order valence-corrected chi connectivity index (χ4v) is 3.23. The van der Waals surface area contributed by atoms with Crippen LogP contribution in [0.1, 0.15) is 18.9 Å². The summed E-state index contributed by atoms with van der Waals surface area (Å²) in [5.74, 6) is -2.71. The van der Waals surface area contributed by atoms with Gasteiger partial charge in [0, 0.05) is 4.47 Å². The number of phenolic OH excluding ortho intramolecular Hbond substituents is 1. The topological polar surface area (TPSA) is 111 Å². The van der Waals surface area contributed by atoms with Crippen molar-refractivity contribution in [2.75, 3.05) is 5.32 Å². The van der Waals surface area contributed by atoms with Crippen molar-refractivity contribution in [3.05, 3.63) is 58.1 Å². The summed E-state index contributed by atoms with van der Waals surface area (Å²) in [7, 11) is 0. The third-order valence-corrected chi connectivity index (χ3v) is 5.07. The van der Waals surface area contributed by atoms with Gasteiger partial charge >= 0.3 is 12.1 Å². The molecule has 0 bridgehead atoms. The van der Waals surface area contributed by atoms with E-state index in [1.165, 1.54) is 31.2 Å². The number of imide groups is 1. The number of halogens is 3. The quantitative estimate of drug-likeness (QED) is 0.489. The Balaban J connectivity index is 1.64. The van der Waals surface area contributed by atoms with Gasteiger partial charge in [0.15, 0.2) is 11.6 Å². The Morgan fingerprint density at radius 3 is 2.60 bits per heavy atom. The second-order valence-corrected chi connectivity index (χ2v) is 7.79. The van der Waals surface area contributed by atoms with Crippen LogP contribution in [0.5, 0.6) is 5.75 Å². The van der Waals surface area contributed by atoms with Gasteiger partial charge in [-0.15, -0.1) is 0 Å². The van der Waals surface area contributed by atoms with Crippen LogP contribution < -0.4 is 16.1 Å². The lowest BCUT2D eigenvalue weighted by molar-refractivity contribution is -0.132. The van der Waals surface area contributed by atoms with Gasteiger partial charge in [-0.25, -0.2) is 23.8 Å². The number of carbonyl (C=O) groups excluding carboxylic acids is 3. The van der Waals surface area contributed by atoms with Gasteiger partial charge in [0.2, 0.25) is 0 Å². The highest BCUT2D eigenvalue weighted by Crippen LogP contribution is 2.24. The molecule has 2 aromatic rings. The third kappa shape index (κ3) is 4.51. The zero-order valence-corrected chi connectivity index (χ0v) is 17.2. The average Bonchev–Trinajstić information content (AvgIpc) is 2.88. The molecule has 1 heterocycles. The molecule has 1 aliphatic heterocycles. The number of nitrogens with one attached hydrogen (secondary N) is 3. The number of anilines is 1. The second-order valence-electron chi connectivity index (χ2n) is 6.88. The summed E-state index contributed by atoms with van der Waals surface area (Å²) in [6.45, 7) is 1.47. The van der Waals surface area contributed by atoms with Gasteiger partial charge in [0.25, 0.3) is 5.91 Å². The van der Waals surface area contributed by atoms with Crippen molar-refractivity contribution in [2.45, 2.75) is 25.3 Å². The summed E-state index contributed by atoms with van der Waals surface area (Å²) in [5.41, 5.74) is 1.12. The average molecular weight is 483 g/mol. The first-order valence-corrected chi connectivity index (χ1v) is 9.55. The first kappa shape index (κ1) is 21.5. The van der Waals surface area contributed by atoms with E-state index in [0.29, 0.717) is 15.0 Å². The van der Waals surface area contributed by atoms with E-state index in [1.54, 1.807) is 0 Å². The summed E-state index contributed by atoms with van der Waals surface area (Å²) in [6, 6.07) is 5.96. The predicted octanol–water partition coefficient (Wildman–Crippen LogP) is 3.41. The van der Waals surface area contributed by atoms with Crippen molar-refractivity contribution >= 4 is 39.6 Å². The number of phenols is 1. The number of aryl methyl sites for hydroxylation is 1. The largest absolute Gasteiger partial charge is 0.505 e. The number of benzene rings is 2. The maximum Gasteiger partial charge on any atom is 0.344 e. The Labute approximate surface area is 178 Å². The molecule has 1 saturated heterocycles. The molecule has 4 N–H and O–H groups in total. The van der Waals surface area contributed by atoms with Gasteiger partial charge in [0.1, 0.15) is 11.4 Å². The van der Waals surface area contributed by atoms with Crippen molar-refractivity contribution < 1.29 is 28.3 Å². The molecule has 0 saturated carbocycles. The van der Waals surface area contributed by atoms with Gasteiger partial charge < -0.3 is 15.7 Å². The molecule has 5 amide bonds. The van der Waals surface area contributed by atoms with Crippen molar-refractivity contribution in [2.24, 2.45) is 0 Å². The summed E-state index contributed by atoms with van der Waals surface area (Å²) < 4.78 is 27.8. The van der Waals surface area contributed by atoms with E-state index in [2.05, 4.69) is 32.0 Å². The number of hydrogen-bond donors (Lipinski definition) is 4. The molecule has 11 heteroatoms.